The molecule has 4 nitrogen and oxygen atoms in total. The van der Waals surface area contributed by atoms with Crippen LogP contribution in [0.4, 0.5) is 13.2 Å². The standard InChI is InChI=1S/C20H20BF3N2O2/c1-18(2)19(3,4)28-21(27-18)14-7-10-16-17(11-14)26(12-25-16)15-8-5-13(6-9-15)20(22,23)24/h5-12H,1-4H3. The zero-order valence-corrected chi connectivity index (χ0v) is 16.0. The van der Waals surface area contributed by atoms with E-state index in [1.807, 2.05) is 45.9 Å². The molecule has 2 heterocycles. The Morgan fingerprint density at radius 1 is 0.929 bits per heavy atom. The van der Waals surface area contributed by atoms with Gasteiger partial charge in [0.25, 0.3) is 0 Å². The van der Waals surface area contributed by atoms with E-state index >= 15 is 0 Å². The smallest absolute Gasteiger partial charge is 0.399 e. The van der Waals surface area contributed by atoms with Gasteiger partial charge in [-0.15, -0.1) is 0 Å². The first-order valence-electron chi connectivity index (χ1n) is 8.98. The molecular weight excluding hydrogens is 368 g/mol. The predicted octanol–water partition coefficient (Wildman–Crippen LogP) is 4.34. The van der Waals surface area contributed by atoms with Crippen LogP contribution in [0.15, 0.2) is 48.8 Å². The number of imidazole rings is 1. The maximum Gasteiger partial charge on any atom is 0.494 e. The van der Waals surface area contributed by atoms with E-state index in [1.54, 1.807) is 10.9 Å². The van der Waals surface area contributed by atoms with Crippen molar-refractivity contribution in [1.29, 1.82) is 0 Å². The van der Waals surface area contributed by atoms with Gasteiger partial charge in [0.15, 0.2) is 0 Å². The molecule has 1 fully saturated rings. The molecule has 4 rings (SSSR count). The Morgan fingerprint density at radius 3 is 2.11 bits per heavy atom. The number of fused-ring (bicyclic) bond motifs is 1. The highest BCUT2D eigenvalue weighted by Crippen LogP contribution is 2.36. The summed E-state index contributed by atoms with van der Waals surface area (Å²) in [4.78, 5) is 4.35. The molecule has 0 unspecified atom stereocenters. The van der Waals surface area contributed by atoms with Crippen LogP contribution in [0.3, 0.4) is 0 Å². The fourth-order valence-electron chi connectivity index (χ4n) is 3.17. The van der Waals surface area contributed by atoms with Crippen LogP contribution in [0, 0.1) is 0 Å². The Balaban J connectivity index is 1.72. The van der Waals surface area contributed by atoms with Crippen LogP contribution in [0.1, 0.15) is 33.3 Å². The van der Waals surface area contributed by atoms with Gasteiger partial charge in [-0.1, -0.05) is 6.07 Å². The summed E-state index contributed by atoms with van der Waals surface area (Å²) in [6.07, 6.45) is -2.76. The van der Waals surface area contributed by atoms with Gasteiger partial charge in [0.05, 0.1) is 27.8 Å². The number of hydrogen-bond acceptors (Lipinski definition) is 3. The van der Waals surface area contributed by atoms with Crippen molar-refractivity contribution >= 4 is 23.6 Å². The van der Waals surface area contributed by atoms with Crippen LogP contribution in [-0.4, -0.2) is 27.9 Å². The molecule has 0 amide bonds. The van der Waals surface area contributed by atoms with E-state index in [0.29, 0.717) is 5.69 Å². The van der Waals surface area contributed by atoms with Gasteiger partial charge in [0.2, 0.25) is 0 Å². The topological polar surface area (TPSA) is 36.3 Å². The van der Waals surface area contributed by atoms with E-state index in [4.69, 9.17) is 9.31 Å². The number of alkyl halides is 3. The van der Waals surface area contributed by atoms with Crippen LogP contribution in [0.25, 0.3) is 16.7 Å². The Kier molecular flexibility index (Phi) is 4.14. The summed E-state index contributed by atoms with van der Waals surface area (Å²) in [7, 11) is -0.523. The average Bonchev–Trinajstić information content (AvgIpc) is 3.11. The van der Waals surface area contributed by atoms with E-state index in [0.717, 1.165) is 28.6 Å². The maximum atomic E-state index is 12.8. The van der Waals surface area contributed by atoms with Crippen molar-refractivity contribution < 1.29 is 22.5 Å². The van der Waals surface area contributed by atoms with Gasteiger partial charge in [0, 0.05) is 5.69 Å². The predicted molar refractivity (Wildman–Crippen MR) is 102 cm³/mol. The van der Waals surface area contributed by atoms with Gasteiger partial charge in [-0.25, -0.2) is 4.98 Å². The first-order chi connectivity index (χ1) is 13.0. The third-order valence-electron chi connectivity index (χ3n) is 5.57. The van der Waals surface area contributed by atoms with Crippen LogP contribution < -0.4 is 5.46 Å². The molecule has 0 bridgehead atoms. The normalized spacial score (nSPS) is 18.8. The van der Waals surface area contributed by atoms with E-state index in [2.05, 4.69) is 4.98 Å². The second kappa shape index (κ2) is 6.09. The maximum absolute atomic E-state index is 12.8. The largest absolute Gasteiger partial charge is 0.494 e. The highest BCUT2D eigenvalue weighted by Gasteiger charge is 2.51. The molecule has 1 aromatic heterocycles. The van der Waals surface area contributed by atoms with Crippen molar-refractivity contribution in [1.82, 2.24) is 9.55 Å². The molecule has 0 N–H and O–H groups in total. The molecule has 0 spiro atoms. The molecule has 0 aliphatic carbocycles. The van der Waals surface area contributed by atoms with Gasteiger partial charge >= 0.3 is 13.3 Å². The van der Waals surface area contributed by atoms with Gasteiger partial charge in [0.1, 0.15) is 6.33 Å². The van der Waals surface area contributed by atoms with Gasteiger partial charge in [-0.3, -0.25) is 4.57 Å². The molecule has 1 saturated heterocycles. The summed E-state index contributed by atoms with van der Waals surface area (Å²) in [5.74, 6) is 0. The van der Waals surface area contributed by atoms with Gasteiger partial charge in [-0.2, -0.15) is 13.2 Å². The second-order valence-electron chi connectivity index (χ2n) is 8.00. The summed E-state index contributed by atoms with van der Waals surface area (Å²) in [6.45, 7) is 7.94. The van der Waals surface area contributed by atoms with E-state index in [1.165, 1.54) is 12.1 Å². The van der Waals surface area contributed by atoms with Gasteiger partial charge in [-0.05, 0) is 69.6 Å². The van der Waals surface area contributed by atoms with Crippen molar-refractivity contribution in [2.45, 2.75) is 45.1 Å². The van der Waals surface area contributed by atoms with Crippen molar-refractivity contribution in [2.75, 3.05) is 0 Å². The van der Waals surface area contributed by atoms with E-state index in [9.17, 15) is 13.2 Å². The number of nitrogens with zero attached hydrogens (tertiary/aromatic N) is 2. The van der Waals surface area contributed by atoms with Crippen LogP contribution >= 0.6 is 0 Å². The first kappa shape index (κ1) is 19.0. The molecule has 0 atom stereocenters. The minimum Gasteiger partial charge on any atom is -0.399 e. The number of aromatic nitrogens is 2. The summed E-state index contributed by atoms with van der Waals surface area (Å²) in [5.41, 5.74) is 1.34. The zero-order valence-electron chi connectivity index (χ0n) is 16.0. The second-order valence-corrected chi connectivity index (χ2v) is 8.00. The van der Waals surface area contributed by atoms with Crippen LogP contribution in [0.5, 0.6) is 0 Å². The molecule has 146 valence electrons. The van der Waals surface area contributed by atoms with Crippen LogP contribution in [-0.2, 0) is 15.5 Å². The molecule has 8 heteroatoms. The quantitative estimate of drug-likeness (QED) is 0.613. The van der Waals surface area contributed by atoms with Crippen molar-refractivity contribution in [3.05, 3.63) is 54.4 Å². The molecule has 1 aliphatic rings. The minimum atomic E-state index is -4.36. The molecule has 0 saturated carbocycles. The summed E-state index contributed by atoms with van der Waals surface area (Å²) < 4.78 is 52.4. The molecule has 1 aliphatic heterocycles. The Labute approximate surface area is 161 Å². The molecule has 2 aromatic carbocycles. The monoisotopic (exact) mass is 388 g/mol. The fourth-order valence-corrected chi connectivity index (χ4v) is 3.17. The SMILES string of the molecule is CC1(C)OB(c2ccc3ncn(-c4ccc(C(F)(F)F)cc4)c3c2)OC1(C)C. The highest BCUT2D eigenvalue weighted by molar-refractivity contribution is 6.62. The third-order valence-corrected chi connectivity index (χ3v) is 5.57. The lowest BCUT2D eigenvalue weighted by Crippen LogP contribution is -2.41. The fraction of sp³-hybridized carbons (Fsp3) is 0.350. The van der Waals surface area contributed by atoms with Crippen molar-refractivity contribution in [3.8, 4) is 5.69 Å². The zero-order chi connectivity index (χ0) is 20.3. The molecule has 3 aromatic rings. The first-order valence-corrected chi connectivity index (χ1v) is 8.98. The third kappa shape index (κ3) is 3.10. The van der Waals surface area contributed by atoms with E-state index in [-0.39, 0.29) is 0 Å². The Bertz CT molecular complexity index is 1010. The van der Waals surface area contributed by atoms with Crippen molar-refractivity contribution in [2.24, 2.45) is 0 Å². The number of halogens is 3. The summed E-state index contributed by atoms with van der Waals surface area (Å²) >= 11 is 0. The van der Waals surface area contributed by atoms with E-state index < -0.39 is 30.1 Å². The number of hydrogen-bond donors (Lipinski definition) is 0. The minimum absolute atomic E-state index is 0.458. The average molecular weight is 388 g/mol. The molecular formula is C20H20BF3N2O2. The number of benzene rings is 2. The van der Waals surface area contributed by atoms with Gasteiger partial charge < -0.3 is 9.31 Å². The molecule has 28 heavy (non-hydrogen) atoms. The Morgan fingerprint density at radius 2 is 1.54 bits per heavy atom. The summed E-state index contributed by atoms with van der Waals surface area (Å²) in [6, 6.07) is 10.7. The lowest BCUT2D eigenvalue weighted by atomic mass is 9.79. The van der Waals surface area contributed by atoms with Crippen molar-refractivity contribution in [3.63, 3.8) is 0 Å². The Hall–Kier alpha value is -2.32. The lowest BCUT2D eigenvalue weighted by molar-refractivity contribution is -0.137. The summed E-state index contributed by atoms with van der Waals surface area (Å²) in [5, 5.41) is 0. The molecule has 0 radical (unpaired) electrons. The van der Waals surface area contributed by atoms with Crippen LogP contribution in [0.2, 0.25) is 0 Å². The number of rotatable bonds is 2. The lowest BCUT2D eigenvalue weighted by Gasteiger charge is -2.32. The highest BCUT2D eigenvalue weighted by atomic mass is 19.4.